The number of amides is 1. The number of aryl methyl sites for hydroxylation is 2. The minimum atomic E-state index is -0.622. The van der Waals surface area contributed by atoms with Crippen molar-refractivity contribution in [3.05, 3.63) is 88.9 Å². The number of nitrogens with one attached hydrogen (secondary N) is 1. The second kappa shape index (κ2) is 12.0. The highest BCUT2D eigenvalue weighted by atomic mass is 16.5. The maximum absolute atomic E-state index is 13.6. The number of methoxy groups -OCH3 is 1. The van der Waals surface area contributed by atoms with Crippen molar-refractivity contribution < 1.29 is 14.3 Å². The number of piperazine rings is 1. The molecule has 218 valence electrons. The summed E-state index contributed by atoms with van der Waals surface area (Å²) < 4.78 is 7.40. The number of rotatable bonds is 8. The maximum atomic E-state index is 13.6. The molecule has 4 heterocycles. The highest BCUT2D eigenvalue weighted by molar-refractivity contribution is 6.46. The molecule has 0 radical (unpaired) electrons. The number of carbonyl (C=O) groups is 2. The van der Waals surface area contributed by atoms with Crippen molar-refractivity contribution >= 4 is 34.4 Å². The molecule has 0 unspecified atom stereocenters. The number of nitrogens with zero attached hydrogens (tertiary/aromatic N) is 4. The molecule has 1 saturated heterocycles. The van der Waals surface area contributed by atoms with Crippen LogP contribution < -0.4 is 15.1 Å². The van der Waals surface area contributed by atoms with Crippen LogP contribution in [0.2, 0.25) is 0 Å². The fourth-order valence-corrected chi connectivity index (χ4v) is 6.63. The van der Waals surface area contributed by atoms with Crippen molar-refractivity contribution in [3.8, 4) is 0 Å². The molecule has 0 atom stereocenters. The molecule has 0 spiro atoms. The van der Waals surface area contributed by atoms with Gasteiger partial charge in [0.25, 0.3) is 11.7 Å². The summed E-state index contributed by atoms with van der Waals surface area (Å²) in [6.45, 7) is 7.97. The predicted molar refractivity (Wildman–Crippen MR) is 167 cm³/mol. The third-order valence-electron chi connectivity index (χ3n) is 8.59. The topological polar surface area (TPSA) is 79.2 Å². The van der Waals surface area contributed by atoms with Crippen molar-refractivity contribution in [3.63, 3.8) is 0 Å². The number of ether oxygens (including phenoxy) is 1. The van der Waals surface area contributed by atoms with Gasteiger partial charge in [-0.15, -0.1) is 0 Å². The van der Waals surface area contributed by atoms with Crippen molar-refractivity contribution in [2.45, 2.75) is 52.1 Å². The second-order valence-electron chi connectivity index (χ2n) is 11.6. The molecular formula is C34H39N5O3. The highest BCUT2D eigenvalue weighted by Crippen LogP contribution is 2.37. The summed E-state index contributed by atoms with van der Waals surface area (Å²) in [4.78, 5) is 36.4. The van der Waals surface area contributed by atoms with Crippen LogP contribution in [0.1, 0.15) is 64.5 Å². The lowest BCUT2D eigenvalue weighted by Gasteiger charge is -2.37. The summed E-state index contributed by atoms with van der Waals surface area (Å²) in [5, 5.41) is 2.89. The molecule has 1 aliphatic heterocycles. The fraction of sp³-hybridized carbons (Fsp3) is 0.382. The van der Waals surface area contributed by atoms with Crippen LogP contribution >= 0.6 is 0 Å². The molecule has 2 fully saturated rings. The molecule has 6 rings (SSSR count). The van der Waals surface area contributed by atoms with E-state index in [9.17, 15) is 9.59 Å². The Balaban J connectivity index is 1.19. The summed E-state index contributed by atoms with van der Waals surface area (Å²) in [6, 6.07) is 18.0. The van der Waals surface area contributed by atoms with Crippen molar-refractivity contribution in [2.24, 2.45) is 0 Å². The fourth-order valence-electron chi connectivity index (χ4n) is 6.63. The van der Waals surface area contributed by atoms with Gasteiger partial charge in [-0.3, -0.25) is 9.59 Å². The lowest BCUT2D eigenvalue weighted by Crippen LogP contribution is -2.47. The third kappa shape index (κ3) is 5.63. The molecule has 1 aliphatic carbocycles. The van der Waals surface area contributed by atoms with Crippen LogP contribution in [0.5, 0.6) is 0 Å². The maximum Gasteiger partial charge on any atom is 0.298 e. The van der Waals surface area contributed by atoms with Gasteiger partial charge in [0.1, 0.15) is 11.5 Å². The van der Waals surface area contributed by atoms with Gasteiger partial charge in [0, 0.05) is 67.6 Å². The van der Waals surface area contributed by atoms with Crippen LogP contribution in [0.4, 0.5) is 17.2 Å². The molecule has 1 N–H and O–H groups in total. The SMILES string of the molecule is COCc1cc(NC(=O)C(=O)c2c(C3CCCC3)cc3ccccn23)ccc1N1CCN(c2cc(C)cc(C)n2)CC1. The molecule has 8 heteroatoms. The first-order chi connectivity index (χ1) is 20.4. The van der Waals surface area contributed by atoms with Gasteiger partial charge in [0.2, 0.25) is 0 Å². The van der Waals surface area contributed by atoms with E-state index in [1.807, 2.05) is 53.9 Å². The zero-order valence-electron chi connectivity index (χ0n) is 24.7. The van der Waals surface area contributed by atoms with Gasteiger partial charge in [0.15, 0.2) is 0 Å². The molecular weight excluding hydrogens is 526 g/mol. The average molecular weight is 566 g/mol. The van der Waals surface area contributed by atoms with Crippen LogP contribution in [-0.4, -0.2) is 54.4 Å². The predicted octanol–water partition coefficient (Wildman–Crippen LogP) is 5.90. The first kappa shape index (κ1) is 28.0. The van der Waals surface area contributed by atoms with E-state index in [0.29, 0.717) is 23.9 Å². The van der Waals surface area contributed by atoms with Crippen LogP contribution in [0.15, 0.2) is 60.8 Å². The molecule has 42 heavy (non-hydrogen) atoms. The van der Waals surface area contributed by atoms with Gasteiger partial charge in [0.05, 0.1) is 6.61 Å². The van der Waals surface area contributed by atoms with Gasteiger partial charge in [-0.25, -0.2) is 4.98 Å². The minimum absolute atomic E-state index is 0.315. The van der Waals surface area contributed by atoms with Crippen molar-refractivity contribution in [1.82, 2.24) is 9.38 Å². The highest BCUT2D eigenvalue weighted by Gasteiger charge is 2.29. The summed E-state index contributed by atoms with van der Waals surface area (Å²) >= 11 is 0. The van der Waals surface area contributed by atoms with E-state index in [1.165, 1.54) is 5.56 Å². The molecule has 1 amide bonds. The number of carbonyl (C=O) groups excluding carboxylic acids is 2. The molecule has 4 aromatic rings. The molecule has 2 aliphatic rings. The van der Waals surface area contributed by atoms with Crippen LogP contribution in [0, 0.1) is 13.8 Å². The Hall–Kier alpha value is -4.17. The van der Waals surface area contributed by atoms with Gasteiger partial charge in [-0.05, 0) is 92.3 Å². The van der Waals surface area contributed by atoms with E-state index in [1.54, 1.807) is 7.11 Å². The summed E-state index contributed by atoms with van der Waals surface area (Å²) in [7, 11) is 1.67. The van der Waals surface area contributed by atoms with Crippen LogP contribution in [0.25, 0.3) is 5.52 Å². The number of hydrogen-bond acceptors (Lipinski definition) is 6. The second-order valence-corrected chi connectivity index (χ2v) is 11.6. The lowest BCUT2D eigenvalue weighted by molar-refractivity contribution is -0.112. The first-order valence-electron chi connectivity index (χ1n) is 14.9. The van der Waals surface area contributed by atoms with E-state index in [0.717, 1.165) is 85.7 Å². The smallest absolute Gasteiger partial charge is 0.298 e. The molecule has 3 aromatic heterocycles. The Morgan fingerprint density at radius 2 is 1.71 bits per heavy atom. The minimum Gasteiger partial charge on any atom is -0.380 e. The Morgan fingerprint density at radius 1 is 0.952 bits per heavy atom. The zero-order chi connectivity index (χ0) is 29.2. The lowest BCUT2D eigenvalue weighted by atomic mass is 9.96. The number of Topliss-reactive ketones (excluding diaryl/α,β-unsaturated/α-hetero) is 1. The van der Waals surface area contributed by atoms with Crippen molar-refractivity contribution in [1.29, 1.82) is 0 Å². The summed E-state index contributed by atoms with van der Waals surface area (Å²) in [5.41, 5.74) is 7.31. The Morgan fingerprint density at radius 3 is 2.45 bits per heavy atom. The van der Waals surface area contributed by atoms with Gasteiger partial charge >= 0.3 is 0 Å². The molecule has 1 aromatic carbocycles. The van der Waals surface area contributed by atoms with Gasteiger partial charge in [-0.2, -0.15) is 0 Å². The average Bonchev–Trinajstić information content (AvgIpc) is 3.65. The number of benzene rings is 1. The number of pyridine rings is 2. The van der Waals surface area contributed by atoms with E-state index >= 15 is 0 Å². The largest absolute Gasteiger partial charge is 0.380 e. The third-order valence-corrected chi connectivity index (χ3v) is 8.59. The Labute approximate surface area is 247 Å². The van der Waals surface area contributed by atoms with Crippen molar-refractivity contribution in [2.75, 3.05) is 48.4 Å². The van der Waals surface area contributed by atoms with Gasteiger partial charge in [-0.1, -0.05) is 18.9 Å². The summed E-state index contributed by atoms with van der Waals surface area (Å²) in [6.07, 6.45) is 6.29. The van der Waals surface area contributed by atoms with Gasteiger partial charge < -0.3 is 24.3 Å². The zero-order valence-corrected chi connectivity index (χ0v) is 24.7. The number of anilines is 3. The van der Waals surface area contributed by atoms with E-state index in [4.69, 9.17) is 9.72 Å². The molecule has 1 saturated carbocycles. The Bertz CT molecular complexity index is 1590. The molecule has 0 bridgehead atoms. The molecule has 8 nitrogen and oxygen atoms in total. The standard InChI is InChI=1S/C34H39N5O3/c1-23-18-24(2)35-31(19-23)38-16-14-37(15-17-38)30-12-11-27(20-26(30)22-42-3)36-34(41)33(40)32-29(25-8-4-5-9-25)21-28-10-6-7-13-39(28)32/h6-7,10-13,18-21,25H,4-5,8-9,14-17,22H2,1-3H3,(H,36,41). The number of hydrogen-bond donors (Lipinski definition) is 1. The normalized spacial score (nSPS) is 15.9. The monoisotopic (exact) mass is 565 g/mol. The summed E-state index contributed by atoms with van der Waals surface area (Å²) in [5.74, 6) is 0.217. The van der Waals surface area contributed by atoms with Crippen LogP contribution in [-0.2, 0) is 16.1 Å². The first-order valence-corrected chi connectivity index (χ1v) is 14.9. The number of aromatic nitrogens is 2. The quantitative estimate of drug-likeness (QED) is 0.212. The van der Waals surface area contributed by atoms with Crippen LogP contribution in [0.3, 0.4) is 0 Å². The number of ketones is 1. The van der Waals surface area contributed by atoms with E-state index in [2.05, 4.69) is 40.2 Å². The number of fused-ring (bicyclic) bond motifs is 1. The van der Waals surface area contributed by atoms with E-state index < -0.39 is 11.7 Å². The van der Waals surface area contributed by atoms with E-state index in [-0.39, 0.29) is 0 Å². The Kier molecular flexibility index (Phi) is 7.98.